The maximum Gasteiger partial charge on any atom is 0.243 e. The highest BCUT2D eigenvalue weighted by atomic mass is 35.5. The Morgan fingerprint density at radius 3 is 2.28 bits per heavy atom. The van der Waals surface area contributed by atoms with Gasteiger partial charge in [-0.2, -0.15) is 4.31 Å². The minimum atomic E-state index is -3.60. The minimum absolute atomic E-state index is 0.176. The molecule has 0 atom stereocenters. The molecule has 0 aromatic heterocycles. The molecule has 0 radical (unpaired) electrons. The van der Waals surface area contributed by atoms with Crippen LogP contribution < -0.4 is 10.6 Å². The second-order valence-corrected chi connectivity index (χ2v) is 10.5. The van der Waals surface area contributed by atoms with Crippen molar-refractivity contribution in [2.75, 3.05) is 25.0 Å². The van der Waals surface area contributed by atoms with Gasteiger partial charge < -0.3 is 10.6 Å². The Hall–Kier alpha value is -2.42. The SMILES string of the molecule is Cc1ccc(S(=O)(=O)N2CCC(C(=O)NCC(=O)Nc3ccc(C)cc3Cl)CC2)c(C)c1. The van der Waals surface area contributed by atoms with Gasteiger partial charge in [-0.1, -0.05) is 35.4 Å². The number of aryl methyl sites for hydroxylation is 3. The van der Waals surface area contributed by atoms with Crippen LogP contribution in [0.5, 0.6) is 0 Å². The van der Waals surface area contributed by atoms with Crippen LogP contribution in [0.15, 0.2) is 41.3 Å². The third kappa shape index (κ3) is 5.68. The summed E-state index contributed by atoms with van der Waals surface area (Å²) in [5.74, 6) is -0.964. The second-order valence-electron chi connectivity index (χ2n) is 8.20. The summed E-state index contributed by atoms with van der Waals surface area (Å²) >= 11 is 6.11. The van der Waals surface area contributed by atoms with E-state index in [1.807, 2.05) is 26.0 Å². The molecule has 1 fully saturated rings. The number of nitrogens with zero attached hydrogens (tertiary/aromatic N) is 1. The normalized spacial score (nSPS) is 15.4. The Labute approximate surface area is 194 Å². The van der Waals surface area contributed by atoms with Gasteiger partial charge in [-0.05, 0) is 62.9 Å². The van der Waals surface area contributed by atoms with Gasteiger partial charge in [-0.3, -0.25) is 9.59 Å². The quantitative estimate of drug-likeness (QED) is 0.666. The molecule has 2 aromatic rings. The van der Waals surface area contributed by atoms with Crippen molar-refractivity contribution in [3.8, 4) is 0 Å². The fourth-order valence-electron chi connectivity index (χ4n) is 3.81. The molecule has 1 aliphatic heterocycles. The molecule has 1 heterocycles. The predicted molar refractivity (Wildman–Crippen MR) is 125 cm³/mol. The van der Waals surface area contributed by atoms with E-state index in [1.165, 1.54) is 4.31 Å². The standard InChI is InChI=1S/C23H28ClN3O4S/c1-15-5-7-21(17(3)12-15)32(30,31)27-10-8-18(9-11-27)23(29)25-14-22(28)26-20-6-4-16(2)13-19(20)24/h4-7,12-13,18H,8-11,14H2,1-3H3,(H,25,29)(H,26,28). The number of carbonyl (C=O) groups excluding carboxylic acids is 2. The molecule has 0 spiro atoms. The molecule has 0 aliphatic carbocycles. The number of halogens is 1. The van der Waals surface area contributed by atoms with E-state index in [-0.39, 0.29) is 37.4 Å². The number of anilines is 1. The minimum Gasteiger partial charge on any atom is -0.347 e. The molecule has 0 unspecified atom stereocenters. The van der Waals surface area contributed by atoms with E-state index in [0.29, 0.717) is 34.0 Å². The van der Waals surface area contributed by atoms with Gasteiger partial charge in [0.25, 0.3) is 0 Å². The summed E-state index contributed by atoms with van der Waals surface area (Å²) in [7, 11) is -3.60. The Morgan fingerprint density at radius 2 is 1.66 bits per heavy atom. The van der Waals surface area contributed by atoms with E-state index in [0.717, 1.165) is 11.1 Å². The molecule has 0 saturated carbocycles. The van der Waals surface area contributed by atoms with Crippen molar-refractivity contribution in [2.24, 2.45) is 5.92 Å². The van der Waals surface area contributed by atoms with Crippen LogP contribution in [0.25, 0.3) is 0 Å². The first-order valence-electron chi connectivity index (χ1n) is 10.5. The summed E-state index contributed by atoms with van der Waals surface area (Å²) in [6.07, 6.45) is 0.808. The molecule has 2 aromatic carbocycles. The largest absolute Gasteiger partial charge is 0.347 e. The van der Waals surface area contributed by atoms with Gasteiger partial charge in [0, 0.05) is 19.0 Å². The van der Waals surface area contributed by atoms with Gasteiger partial charge in [0.2, 0.25) is 21.8 Å². The molecule has 7 nitrogen and oxygen atoms in total. The van der Waals surface area contributed by atoms with Crippen LogP contribution in [0.3, 0.4) is 0 Å². The highest BCUT2D eigenvalue weighted by molar-refractivity contribution is 7.89. The van der Waals surface area contributed by atoms with Crippen LogP contribution in [0.4, 0.5) is 5.69 Å². The van der Waals surface area contributed by atoms with Crippen LogP contribution >= 0.6 is 11.6 Å². The Kier molecular flexibility index (Phi) is 7.59. The van der Waals surface area contributed by atoms with Gasteiger partial charge in [0.15, 0.2) is 0 Å². The maximum atomic E-state index is 13.0. The lowest BCUT2D eigenvalue weighted by Crippen LogP contribution is -2.44. The molecule has 3 rings (SSSR count). The van der Waals surface area contributed by atoms with Crippen LogP contribution in [-0.2, 0) is 19.6 Å². The van der Waals surface area contributed by atoms with E-state index in [2.05, 4.69) is 10.6 Å². The van der Waals surface area contributed by atoms with Gasteiger partial charge in [-0.15, -0.1) is 0 Å². The summed E-state index contributed by atoms with van der Waals surface area (Å²) in [6.45, 7) is 5.95. The molecule has 172 valence electrons. The lowest BCUT2D eigenvalue weighted by Gasteiger charge is -2.31. The zero-order valence-corrected chi connectivity index (χ0v) is 20.0. The van der Waals surface area contributed by atoms with E-state index in [1.54, 1.807) is 31.2 Å². The van der Waals surface area contributed by atoms with Crippen molar-refractivity contribution in [1.29, 1.82) is 0 Å². The lowest BCUT2D eigenvalue weighted by atomic mass is 9.97. The topological polar surface area (TPSA) is 95.6 Å². The zero-order chi connectivity index (χ0) is 23.5. The summed E-state index contributed by atoms with van der Waals surface area (Å²) in [4.78, 5) is 25.0. The number of sulfonamides is 1. The Balaban J connectivity index is 1.51. The summed E-state index contributed by atoms with van der Waals surface area (Å²) in [5, 5.41) is 5.75. The van der Waals surface area contributed by atoms with Gasteiger partial charge in [-0.25, -0.2) is 8.42 Å². The van der Waals surface area contributed by atoms with Crippen molar-refractivity contribution >= 4 is 39.1 Å². The van der Waals surface area contributed by atoms with Crippen molar-refractivity contribution in [1.82, 2.24) is 9.62 Å². The number of hydrogen-bond acceptors (Lipinski definition) is 4. The predicted octanol–water partition coefficient (Wildman–Crippen LogP) is 3.42. The van der Waals surface area contributed by atoms with Crippen molar-refractivity contribution in [3.63, 3.8) is 0 Å². The smallest absolute Gasteiger partial charge is 0.243 e. The molecule has 32 heavy (non-hydrogen) atoms. The summed E-state index contributed by atoms with van der Waals surface area (Å²) in [6, 6.07) is 10.6. The van der Waals surface area contributed by atoms with E-state index < -0.39 is 10.0 Å². The lowest BCUT2D eigenvalue weighted by molar-refractivity contribution is -0.128. The number of carbonyl (C=O) groups is 2. The number of hydrogen-bond donors (Lipinski definition) is 2. The summed E-state index contributed by atoms with van der Waals surface area (Å²) < 4.78 is 27.4. The highest BCUT2D eigenvalue weighted by Gasteiger charge is 2.32. The number of amides is 2. The molecule has 9 heteroatoms. The molecular formula is C23H28ClN3O4S. The maximum absolute atomic E-state index is 13.0. The Bertz CT molecular complexity index is 1130. The van der Waals surface area contributed by atoms with E-state index >= 15 is 0 Å². The average Bonchev–Trinajstić information content (AvgIpc) is 2.74. The van der Waals surface area contributed by atoms with Crippen molar-refractivity contribution < 1.29 is 18.0 Å². The third-order valence-corrected chi connectivity index (χ3v) is 7.97. The molecular weight excluding hydrogens is 450 g/mol. The average molecular weight is 478 g/mol. The van der Waals surface area contributed by atoms with Gasteiger partial charge in [0.05, 0.1) is 22.2 Å². The number of nitrogens with one attached hydrogen (secondary N) is 2. The third-order valence-electron chi connectivity index (χ3n) is 5.59. The van der Waals surface area contributed by atoms with Gasteiger partial charge >= 0.3 is 0 Å². The monoisotopic (exact) mass is 477 g/mol. The molecule has 0 bridgehead atoms. The number of rotatable bonds is 6. The van der Waals surface area contributed by atoms with E-state index in [9.17, 15) is 18.0 Å². The molecule has 1 aliphatic rings. The van der Waals surface area contributed by atoms with Crippen molar-refractivity contribution in [3.05, 3.63) is 58.1 Å². The molecule has 2 amide bonds. The first-order valence-corrected chi connectivity index (χ1v) is 12.3. The Morgan fingerprint density at radius 1 is 1.03 bits per heavy atom. The number of piperidine rings is 1. The zero-order valence-electron chi connectivity index (χ0n) is 18.4. The van der Waals surface area contributed by atoms with Crippen LogP contribution in [0.1, 0.15) is 29.5 Å². The fraction of sp³-hybridized carbons (Fsp3) is 0.391. The molecule has 2 N–H and O–H groups in total. The fourth-order valence-corrected chi connectivity index (χ4v) is 5.77. The first-order chi connectivity index (χ1) is 15.1. The summed E-state index contributed by atoms with van der Waals surface area (Å²) in [5.41, 5.74) is 3.18. The molecule has 1 saturated heterocycles. The van der Waals surface area contributed by atoms with Crippen molar-refractivity contribution in [2.45, 2.75) is 38.5 Å². The van der Waals surface area contributed by atoms with Gasteiger partial charge in [0.1, 0.15) is 0 Å². The highest BCUT2D eigenvalue weighted by Crippen LogP contribution is 2.26. The van der Waals surface area contributed by atoms with Crippen LogP contribution in [0.2, 0.25) is 5.02 Å². The van der Waals surface area contributed by atoms with Crippen LogP contribution in [0, 0.1) is 26.7 Å². The second kappa shape index (κ2) is 10.0. The van der Waals surface area contributed by atoms with E-state index in [4.69, 9.17) is 11.6 Å². The van der Waals surface area contributed by atoms with Crippen LogP contribution in [-0.4, -0.2) is 44.2 Å². The number of benzene rings is 2. The first kappa shape index (κ1) is 24.2.